The average Bonchev–Trinajstić information content (AvgIpc) is 2.90. The van der Waals surface area contributed by atoms with E-state index in [1.807, 2.05) is 23.1 Å². The van der Waals surface area contributed by atoms with Gasteiger partial charge in [-0.2, -0.15) is 0 Å². The zero-order valence-electron chi connectivity index (χ0n) is 13.3. The number of carbonyl (C=O) groups is 1. The third kappa shape index (κ3) is 4.01. The second kappa shape index (κ2) is 7.46. The molecule has 23 heavy (non-hydrogen) atoms. The minimum absolute atomic E-state index is 0.00534. The topological polar surface area (TPSA) is 74.2 Å². The Bertz CT molecular complexity index is 601. The average molecular weight is 317 g/mol. The molecule has 2 aliphatic rings. The number of ether oxygens (including phenoxy) is 1. The van der Waals surface area contributed by atoms with Gasteiger partial charge < -0.3 is 14.7 Å². The van der Waals surface area contributed by atoms with E-state index in [0.717, 1.165) is 49.1 Å². The van der Waals surface area contributed by atoms with Gasteiger partial charge in [0.05, 0.1) is 12.3 Å². The monoisotopic (exact) mass is 317 g/mol. The molecule has 2 aliphatic heterocycles. The van der Waals surface area contributed by atoms with Crippen LogP contribution in [0.4, 0.5) is 5.69 Å². The Morgan fingerprint density at radius 1 is 1.17 bits per heavy atom. The molecule has 0 bridgehead atoms. The summed E-state index contributed by atoms with van der Waals surface area (Å²) in [7, 11) is 0. The second-order valence-electron chi connectivity index (χ2n) is 5.97. The van der Waals surface area contributed by atoms with Crippen molar-refractivity contribution in [1.82, 2.24) is 10.2 Å². The normalized spacial score (nSPS) is 15.8. The summed E-state index contributed by atoms with van der Waals surface area (Å²) in [6, 6.07) is 5.89. The highest BCUT2D eigenvalue weighted by atomic mass is 16.5. The van der Waals surface area contributed by atoms with Crippen LogP contribution in [0.3, 0.4) is 0 Å². The van der Waals surface area contributed by atoms with E-state index < -0.39 is 0 Å². The molecular formula is C17H23N3O3. The molecule has 2 N–H and O–H groups in total. The summed E-state index contributed by atoms with van der Waals surface area (Å²) in [4.78, 5) is 17.8. The number of hydrogen-bond acceptors (Lipinski definition) is 5. The molecule has 0 aliphatic carbocycles. The van der Waals surface area contributed by atoms with Crippen LogP contribution in [0.5, 0.6) is 5.75 Å². The Labute approximate surface area is 136 Å². The fourth-order valence-electron chi connectivity index (χ4n) is 2.86. The molecule has 1 fully saturated rings. The van der Waals surface area contributed by atoms with E-state index in [1.165, 1.54) is 0 Å². The molecule has 6 heteroatoms. The Morgan fingerprint density at radius 3 is 2.87 bits per heavy atom. The van der Waals surface area contributed by atoms with Crippen LogP contribution in [0.25, 0.3) is 0 Å². The molecule has 1 amide bonds. The van der Waals surface area contributed by atoms with E-state index in [-0.39, 0.29) is 12.5 Å². The minimum atomic E-state index is -0.00534. The maximum absolute atomic E-state index is 11.4. The highest BCUT2D eigenvalue weighted by Gasteiger charge is 2.29. The van der Waals surface area contributed by atoms with Crippen molar-refractivity contribution in [2.75, 3.05) is 19.8 Å². The van der Waals surface area contributed by atoms with E-state index in [0.29, 0.717) is 25.7 Å². The number of aliphatic hydroxyl groups excluding tert-OH is 1. The van der Waals surface area contributed by atoms with E-state index in [2.05, 4.69) is 10.3 Å². The molecule has 0 aromatic heterocycles. The molecule has 1 aromatic carbocycles. The van der Waals surface area contributed by atoms with Crippen LogP contribution in [0.2, 0.25) is 0 Å². The van der Waals surface area contributed by atoms with E-state index in [1.54, 1.807) is 0 Å². The fourth-order valence-corrected chi connectivity index (χ4v) is 2.86. The summed E-state index contributed by atoms with van der Waals surface area (Å²) in [6.45, 7) is 2.05. The lowest BCUT2D eigenvalue weighted by Crippen LogP contribution is -2.31. The van der Waals surface area contributed by atoms with Crippen molar-refractivity contribution in [2.45, 2.75) is 38.6 Å². The zero-order valence-corrected chi connectivity index (χ0v) is 13.3. The minimum Gasteiger partial charge on any atom is -0.494 e. The van der Waals surface area contributed by atoms with Gasteiger partial charge in [0.2, 0.25) is 11.9 Å². The molecule has 0 saturated carbocycles. The number of hydrogen-bond donors (Lipinski definition) is 2. The van der Waals surface area contributed by atoms with Crippen molar-refractivity contribution in [1.29, 1.82) is 0 Å². The highest BCUT2D eigenvalue weighted by Crippen LogP contribution is 2.30. The predicted octanol–water partition coefficient (Wildman–Crippen LogP) is 1.94. The van der Waals surface area contributed by atoms with Crippen LogP contribution in [0.1, 0.15) is 37.7 Å². The summed E-state index contributed by atoms with van der Waals surface area (Å²) in [6.07, 6.45) is 5.26. The first-order chi connectivity index (χ1) is 11.3. The quantitative estimate of drug-likeness (QED) is 0.719. The molecular weight excluding hydrogens is 294 g/mol. The Hall–Kier alpha value is -2.08. The molecule has 0 atom stereocenters. The van der Waals surface area contributed by atoms with Gasteiger partial charge in [-0.3, -0.25) is 10.1 Å². The van der Waals surface area contributed by atoms with Gasteiger partial charge in [0.15, 0.2) is 0 Å². The third-order valence-electron chi connectivity index (χ3n) is 4.09. The number of aliphatic hydroxyl groups is 1. The summed E-state index contributed by atoms with van der Waals surface area (Å²) in [5.74, 6) is 1.50. The van der Waals surface area contributed by atoms with Crippen LogP contribution in [-0.4, -0.2) is 41.6 Å². The number of carbonyl (C=O) groups excluding carboxylic acids is 1. The lowest BCUT2D eigenvalue weighted by Gasteiger charge is -2.23. The number of aliphatic imine (C=N–C) groups is 1. The van der Waals surface area contributed by atoms with Gasteiger partial charge in [0.1, 0.15) is 12.3 Å². The van der Waals surface area contributed by atoms with Gasteiger partial charge in [-0.05, 0) is 31.0 Å². The van der Waals surface area contributed by atoms with Gasteiger partial charge in [-0.15, -0.1) is 0 Å². The largest absolute Gasteiger partial charge is 0.494 e. The van der Waals surface area contributed by atoms with Crippen molar-refractivity contribution in [3.63, 3.8) is 0 Å². The number of amides is 1. The van der Waals surface area contributed by atoms with E-state index in [9.17, 15) is 4.79 Å². The molecule has 1 saturated heterocycles. The number of guanidine groups is 1. The summed E-state index contributed by atoms with van der Waals surface area (Å²) < 4.78 is 5.81. The Balaban J connectivity index is 1.49. The number of nitrogens with zero attached hydrogens (tertiary/aromatic N) is 2. The molecule has 3 rings (SSSR count). The number of benzene rings is 1. The zero-order chi connectivity index (χ0) is 16.1. The van der Waals surface area contributed by atoms with Gasteiger partial charge in [-0.1, -0.05) is 19.3 Å². The van der Waals surface area contributed by atoms with Gasteiger partial charge >= 0.3 is 0 Å². The molecule has 0 unspecified atom stereocenters. The first-order valence-electron chi connectivity index (χ1n) is 8.26. The summed E-state index contributed by atoms with van der Waals surface area (Å²) in [5.41, 5.74) is 1.99. The van der Waals surface area contributed by atoms with Crippen molar-refractivity contribution in [3.05, 3.63) is 23.8 Å². The Morgan fingerprint density at radius 2 is 2.00 bits per heavy atom. The van der Waals surface area contributed by atoms with E-state index >= 15 is 0 Å². The summed E-state index contributed by atoms with van der Waals surface area (Å²) in [5, 5.41) is 11.5. The number of fused-ring (bicyclic) bond motifs is 2. The van der Waals surface area contributed by atoms with Crippen molar-refractivity contribution in [2.24, 2.45) is 4.99 Å². The molecule has 2 heterocycles. The first-order valence-corrected chi connectivity index (χ1v) is 8.26. The van der Waals surface area contributed by atoms with Crippen molar-refractivity contribution >= 4 is 17.6 Å². The molecule has 0 radical (unpaired) electrons. The molecule has 0 spiro atoms. The standard InChI is InChI=1S/C17H23N3O3/c21-8-4-2-1-3-5-9-23-14-6-7-15-13(10-14)11-20-12-16(22)19-17(20)18-15/h6-7,10,21H,1-5,8-9,11-12H2,(H,18,19,22). The number of rotatable bonds is 8. The van der Waals surface area contributed by atoms with Crippen LogP contribution in [0.15, 0.2) is 23.2 Å². The van der Waals surface area contributed by atoms with Gasteiger partial charge in [-0.25, -0.2) is 4.99 Å². The maximum atomic E-state index is 11.4. The van der Waals surface area contributed by atoms with Crippen LogP contribution < -0.4 is 10.1 Å². The first kappa shape index (κ1) is 15.8. The third-order valence-corrected chi connectivity index (χ3v) is 4.09. The predicted molar refractivity (Wildman–Crippen MR) is 87.8 cm³/mol. The highest BCUT2D eigenvalue weighted by molar-refractivity contribution is 6.05. The molecule has 124 valence electrons. The van der Waals surface area contributed by atoms with Crippen molar-refractivity contribution < 1.29 is 14.6 Å². The molecule has 6 nitrogen and oxygen atoms in total. The van der Waals surface area contributed by atoms with Crippen LogP contribution >= 0.6 is 0 Å². The van der Waals surface area contributed by atoms with Gasteiger partial charge in [0, 0.05) is 18.7 Å². The number of nitrogens with one attached hydrogen (secondary N) is 1. The van der Waals surface area contributed by atoms with Crippen LogP contribution in [-0.2, 0) is 11.3 Å². The lowest BCUT2D eigenvalue weighted by molar-refractivity contribution is -0.118. The smallest absolute Gasteiger partial charge is 0.246 e. The van der Waals surface area contributed by atoms with E-state index in [4.69, 9.17) is 9.84 Å². The molecule has 1 aromatic rings. The maximum Gasteiger partial charge on any atom is 0.246 e. The Kier molecular flexibility index (Phi) is 5.12. The fraction of sp³-hybridized carbons (Fsp3) is 0.529. The second-order valence-corrected chi connectivity index (χ2v) is 5.97. The van der Waals surface area contributed by atoms with Crippen molar-refractivity contribution in [3.8, 4) is 5.75 Å². The van der Waals surface area contributed by atoms with Gasteiger partial charge in [0.25, 0.3) is 0 Å². The SMILES string of the molecule is O=C1CN2Cc3cc(OCCCCCCCO)ccc3N=C2N1. The summed E-state index contributed by atoms with van der Waals surface area (Å²) >= 11 is 0. The number of unbranched alkanes of at least 4 members (excludes halogenated alkanes) is 4. The lowest BCUT2D eigenvalue weighted by atomic mass is 10.1. The van der Waals surface area contributed by atoms with Crippen LogP contribution in [0, 0.1) is 0 Å².